The Hall–Kier alpha value is -2.97. The normalized spacial score (nSPS) is 11.3. The van der Waals surface area contributed by atoms with Crippen LogP contribution < -0.4 is 5.56 Å². The van der Waals surface area contributed by atoms with E-state index < -0.39 is 10.5 Å². The molecule has 8 nitrogen and oxygen atoms in total. The second-order valence-corrected chi connectivity index (χ2v) is 6.57. The van der Waals surface area contributed by atoms with Crippen LogP contribution in [0.5, 0.6) is 0 Å². The maximum absolute atomic E-state index is 12.6. The Morgan fingerprint density at radius 1 is 1.07 bits per heavy atom. The molecule has 0 unspecified atom stereocenters. The van der Waals surface area contributed by atoms with E-state index in [1.54, 1.807) is 25.1 Å². The maximum Gasteiger partial charge on any atom is 0.299 e. The lowest BCUT2D eigenvalue weighted by Gasteiger charge is -2.03. The number of nitrogens with one attached hydrogen (secondary N) is 1. The minimum atomic E-state index is -0.614. The highest BCUT2D eigenvalue weighted by atomic mass is 35.5. The first-order chi connectivity index (χ1) is 12.8. The first kappa shape index (κ1) is 18.8. The second kappa shape index (κ2) is 7.34. The molecule has 0 atom stereocenters. The molecule has 0 fully saturated rings. The number of nitro groups is 1. The number of aromatic amines is 1. The topological polar surface area (TPSA) is 106 Å². The van der Waals surface area contributed by atoms with E-state index >= 15 is 0 Å². The average Bonchev–Trinajstić information content (AvgIpc) is 2.90. The number of hydrogen-bond acceptors (Lipinski definition) is 5. The molecule has 3 aromatic rings. The van der Waals surface area contributed by atoms with Crippen molar-refractivity contribution in [1.29, 1.82) is 0 Å². The molecule has 2 aromatic carbocycles. The number of benzene rings is 2. The molecule has 0 saturated carbocycles. The van der Waals surface area contributed by atoms with Crippen molar-refractivity contribution in [2.75, 3.05) is 0 Å². The summed E-state index contributed by atoms with van der Waals surface area (Å²) in [7, 11) is 0. The van der Waals surface area contributed by atoms with E-state index in [-0.39, 0.29) is 22.1 Å². The molecule has 0 amide bonds. The van der Waals surface area contributed by atoms with E-state index in [1.807, 2.05) is 6.92 Å². The molecule has 0 bridgehead atoms. The van der Waals surface area contributed by atoms with Crippen molar-refractivity contribution < 1.29 is 4.92 Å². The second-order valence-electron chi connectivity index (χ2n) is 5.75. The summed E-state index contributed by atoms with van der Waals surface area (Å²) in [6.07, 6.45) is 0. The number of hydrogen-bond donors (Lipinski definition) is 1. The van der Waals surface area contributed by atoms with Crippen molar-refractivity contribution in [3.8, 4) is 5.69 Å². The lowest BCUT2D eigenvalue weighted by atomic mass is 10.2. The van der Waals surface area contributed by atoms with E-state index in [2.05, 4.69) is 15.3 Å². The smallest absolute Gasteiger partial charge is 0.293 e. The molecule has 0 saturated heterocycles. The van der Waals surface area contributed by atoms with Crippen LogP contribution in [0.1, 0.15) is 11.3 Å². The largest absolute Gasteiger partial charge is 0.299 e. The summed E-state index contributed by atoms with van der Waals surface area (Å²) in [4.78, 5) is 23.0. The molecule has 0 radical (unpaired) electrons. The quantitative estimate of drug-likeness (QED) is 0.356. The maximum atomic E-state index is 12.6. The van der Waals surface area contributed by atoms with Gasteiger partial charge in [0.05, 0.1) is 22.0 Å². The summed E-state index contributed by atoms with van der Waals surface area (Å²) in [5.41, 5.74) is 1.53. The zero-order chi connectivity index (χ0) is 19.7. The average molecular weight is 406 g/mol. The zero-order valence-electron chi connectivity index (χ0n) is 14.2. The van der Waals surface area contributed by atoms with Gasteiger partial charge in [-0.2, -0.15) is 5.11 Å². The predicted molar refractivity (Wildman–Crippen MR) is 103 cm³/mol. The van der Waals surface area contributed by atoms with Crippen LogP contribution in [0.4, 0.5) is 17.1 Å². The Kier molecular flexibility index (Phi) is 5.11. The molecule has 1 N–H and O–H groups in total. The number of nitro benzene ring substituents is 1. The predicted octanol–water partition coefficient (Wildman–Crippen LogP) is 5.41. The van der Waals surface area contributed by atoms with Gasteiger partial charge in [0, 0.05) is 11.1 Å². The summed E-state index contributed by atoms with van der Waals surface area (Å²) < 4.78 is 1.30. The van der Waals surface area contributed by atoms with Gasteiger partial charge in [-0.3, -0.25) is 20.0 Å². The highest BCUT2D eigenvalue weighted by Crippen LogP contribution is 2.29. The van der Waals surface area contributed by atoms with E-state index in [0.29, 0.717) is 16.4 Å². The molecule has 138 valence electrons. The monoisotopic (exact) mass is 405 g/mol. The molecule has 10 heteroatoms. The van der Waals surface area contributed by atoms with Crippen molar-refractivity contribution in [2.24, 2.45) is 10.2 Å². The summed E-state index contributed by atoms with van der Waals surface area (Å²) in [6, 6.07) is 9.23. The fraction of sp³-hybridized carbons (Fsp3) is 0.118. The summed E-state index contributed by atoms with van der Waals surface area (Å²) in [5.74, 6) is 0. The molecule has 0 aliphatic heterocycles. The molecule has 1 aromatic heterocycles. The summed E-state index contributed by atoms with van der Waals surface area (Å²) >= 11 is 11.9. The molecular weight excluding hydrogens is 393 g/mol. The molecule has 1 heterocycles. The van der Waals surface area contributed by atoms with E-state index in [1.165, 1.54) is 22.9 Å². The van der Waals surface area contributed by atoms with Crippen molar-refractivity contribution >= 4 is 40.3 Å². The number of halogens is 2. The first-order valence-electron chi connectivity index (χ1n) is 7.71. The third kappa shape index (κ3) is 3.76. The van der Waals surface area contributed by atoms with Gasteiger partial charge in [0.15, 0.2) is 5.69 Å². The van der Waals surface area contributed by atoms with Crippen LogP contribution >= 0.6 is 23.2 Å². The highest BCUT2D eigenvalue weighted by Gasteiger charge is 2.15. The highest BCUT2D eigenvalue weighted by molar-refractivity contribution is 6.32. The molecule has 27 heavy (non-hydrogen) atoms. The number of aryl methyl sites for hydroxylation is 2. The van der Waals surface area contributed by atoms with Gasteiger partial charge < -0.3 is 0 Å². The van der Waals surface area contributed by atoms with Gasteiger partial charge >= 0.3 is 0 Å². The number of aromatic nitrogens is 2. The van der Waals surface area contributed by atoms with E-state index in [9.17, 15) is 14.9 Å². The fourth-order valence-corrected chi connectivity index (χ4v) is 2.73. The number of H-pyrrole nitrogens is 1. The molecule has 0 aliphatic carbocycles. The van der Waals surface area contributed by atoms with Crippen molar-refractivity contribution in [3.05, 3.63) is 78.2 Å². The van der Waals surface area contributed by atoms with Crippen molar-refractivity contribution in [2.45, 2.75) is 13.8 Å². The Morgan fingerprint density at radius 2 is 1.81 bits per heavy atom. The van der Waals surface area contributed by atoms with Crippen molar-refractivity contribution in [3.63, 3.8) is 0 Å². The van der Waals surface area contributed by atoms with Crippen LogP contribution in [0, 0.1) is 24.0 Å². The lowest BCUT2D eigenvalue weighted by molar-refractivity contribution is -0.384. The summed E-state index contributed by atoms with van der Waals surface area (Å²) in [6.45, 7) is 3.53. The third-order valence-corrected chi connectivity index (χ3v) is 4.57. The van der Waals surface area contributed by atoms with Crippen LogP contribution in [0.2, 0.25) is 10.0 Å². The summed E-state index contributed by atoms with van der Waals surface area (Å²) in [5, 5.41) is 22.3. The molecule has 0 aliphatic rings. The van der Waals surface area contributed by atoms with Crippen molar-refractivity contribution in [1.82, 2.24) is 9.78 Å². The standard InChI is InChI=1S/C17H13Cl2N5O3/c1-9-3-5-12(8-14(9)19)23-17(25)16(10(2)22-23)21-20-11-4-6-13(18)15(7-11)24(26)27/h3-8,22H,1-2H3. The zero-order valence-corrected chi connectivity index (χ0v) is 15.7. The number of nitrogens with zero attached hydrogens (tertiary/aromatic N) is 4. The molecular formula is C17H13Cl2N5O3. The van der Waals surface area contributed by atoms with Crippen LogP contribution in [-0.2, 0) is 0 Å². The minimum absolute atomic E-state index is 0.00428. The first-order valence-corrected chi connectivity index (χ1v) is 8.47. The lowest BCUT2D eigenvalue weighted by Crippen LogP contribution is -2.14. The van der Waals surface area contributed by atoms with Crippen LogP contribution in [0.15, 0.2) is 51.4 Å². The molecule has 3 rings (SSSR count). The van der Waals surface area contributed by atoms with Gasteiger partial charge in [0.1, 0.15) is 5.02 Å². The van der Waals surface area contributed by atoms with Gasteiger partial charge in [-0.25, -0.2) is 4.68 Å². The van der Waals surface area contributed by atoms with Crippen LogP contribution in [0.25, 0.3) is 5.69 Å². The SMILES string of the molecule is Cc1ccc(-n2[nH]c(C)c(N=Nc3ccc(Cl)c([N+](=O)[O-])c3)c2=O)cc1Cl. The van der Waals surface area contributed by atoms with Gasteiger partial charge in [-0.05, 0) is 43.7 Å². The van der Waals surface area contributed by atoms with Crippen LogP contribution in [0.3, 0.4) is 0 Å². The Labute approximate surface area is 163 Å². The Balaban J connectivity index is 1.99. The van der Waals surface area contributed by atoms with E-state index in [0.717, 1.165) is 5.56 Å². The van der Waals surface area contributed by atoms with Gasteiger partial charge in [-0.15, -0.1) is 5.11 Å². The number of azo groups is 1. The fourth-order valence-electron chi connectivity index (χ4n) is 2.37. The van der Waals surface area contributed by atoms with Gasteiger partial charge in [0.25, 0.3) is 11.2 Å². The van der Waals surface area contributed by atoms with Gasteiger partial charge in [0.2, 0.25) is 0 Å². The Morgan fingerprint density at radius 3 is 2.48 bits per heavy atom. The molecule has 0 spiro atoms. The third-order valence-electron chi connectivity index (χ3n) is 3.85. The Bertz CT molecular complexity index is 1130. The minimum Gasteiger partial charge on any atom is -0.293 e. The number of rotatable bonds is 4. The van der Waals surface area contributed by atoms with E-state index in [4.69, 9.17) is 23.2 Å². The van der Waals surface area contributed by atoms with Gasteiger partial charge in [-0.1, -0.05) is 29.3 Å². The van der Waals surface area contributed by atoms with Crippen LogP contribution in [-0.4, -0.2) is 14.7 Å².